The van der Waals surface area contributed by atoms with Crippen molar-refractivity contribution in [3.05, 3.63) is 64.6 Å². The maximum absolute atomic E-state index is 13.8. The number of halogens is 1. The van der Waals surface area contributed by atoms with Gasteiger partial charge in [-0.05, 0) is 43.4 Å². The molecule has 0 saturated heterocycles. The molecular weight excluding hydrogens is 473 g/mol. The summed E-state index contributed by atoms with van der Waals surface area (Å²) >= 11 is 2.92. The highest BCUT2D eigenvalue weighted by Gasteiger charge is 2.22. The zero-order valence-corrected chi connectivity index (χ0v) is 20.2. The summed E-state index contributed by atoms with van der Waals surface area (Å²) in [6, 6.07) is 8.45. The van der Waals surface area contributed by atoms with Gasteiger partial charge in [-0.25, -0.2) is 4.39 Å². The first-order chi connectivity index (χ1) is 16.6. The van der Waals surface area contributed by atoms with Gasteiger partial charge in [-0.2, -0.15) is 5.26 Å². The van der Waals surface area contributed by atoms with Crippen LogP contribution in [0.1, 0.15) is 41.1 Å². The third-order valence-corrected chi connectivity index (χ3v) is 7.57. The van der Waals surface area contributed by atoms with Gasteiger partial charge in [0.1, 0.15) is 17.7 Å². The van der Waals surface area contributed by atoms with E-state index in [0.29, 0.717) is 33.8 Å². The van der Waals surface area contributed by atoms with Gasteiger partial charge in [0.2, 0.25) is 5.91 Å². The number of carbonyl (C=O) groups is 1. The lowest BCUT2D eigenvalue weighted by molar-refractivity contribution is -0.115. The Morgan fingerprint density at radius 1 is 1.35 bits per heavy atom. The largest absolute Gasteiger partial charge is 0.483 e. The molecule has 0 fully saturated rings. The van der Waals surface area contributed by atoms with Crippen LogP contribution >= 0.6 is 23.1 Å². The third kappa shape index (κ3) is 5.48. The van der Waals surface area contributed by atoms with Crippen LogP contribution in [-0.4, -0.2) is 26.4 Å². The number of thiophene rings is 1. The van der Waals surface area contributed by atoms with Gasteiger partial charge < -0.3 is 10.1 Å². The second kappa shape index (κ2) is 11.3. The molecule has 0 unspecified atom stereocenters. The molecule has 1 amide bonds. The van der Waals surface area contributed by atoms with E-state index in [-0.39, 0.29) is 24.7 Å². The van der Waals surface area contributed by atoms with Gasteiger partial charge in [-0.3, -0.25) is 9.36 Å². The summed E-state index contributed by atoms with van der Waals surface area (Å²) in [6.07, 6.45) is 6.07. The molecule has 3 aromatic rings. The number of aryl methyl sites for hydroxylation is 1. The smallest absolute Gasteiger partial charge is 0.225 e. The molecule has 1 aliphatic rings. The van der Waals surface area contributed by atoms with E-state index in [9.17, 15) is 14.4 Å². The number of hydrogen-bond donors (Lipinski definition) is 1. The summed E-state index contributed by atoms with van der Waals surface area (Å²) in [6.45, 7) is 4.29. The van der Waals surface area contributed by atoms with Crippen LogP contribution in [0.25, 0.3) is 0 Å². The molecule has 4 rings (SSSR count). The highest BCUT2D eigenvalue weighted by molar-refractivity contribution is 7.99. The summed E-state index contributed by atoms with van der Waals surface area (Å²) in [5, 5.41) is 22.1. The summed E-state index contributed by atoms with van der Waals surface area (Å²) in [5.74, 6) is 0.596. The van der Waals surface area contributed by atoms with Gasteiger partial charge in [-0.15, -0.1) is 28.1 Å². The Hall–Kier alpha value is -3.16. The number of nitrogens with zero attached hydrogens (tertiary/aromatic N) is 4. The van der Waals surface area contributed by atoms with Crippen molar-refractivity contribution in [2.24, 2.45) is 0 Å². The Kier molecular flexibility index (Phi) is 7.98. The van der Waals surface area contributed by atoms with Crippen LogP contribution in [0.2, 0.25) is 0 Å². The molecule has 0 aliphatic heterocycles. The zero-order valence-electron chi connectivity index (χ0n) is 18.6. The van der Waals surface area contributed by atoms with Crippen LogP contribution in [0.15, 0.2) is 42.1 Å². The van der Waals surface area contributed by atoms with Crippen molar-refractivity contribution >= 4 is 34.0 Å². The van der Waals surface area contributed by atoms with Crippen LogP contribution < -0.4 is 10.1 Å². The number of para-hydroxylation sites is 1. The molecule has 10 heteroatoms. The number of thioether (sulfide) groups is 1. The number of benzene rings is 1. The Labute approximate surface area is 205 Å². The fourth-order valence-corrected chi connectivity index (χ4v) is 5.91. The number of amides is 1. The molecule has 0 atom stereocenters. The van der Waals surface area contributed by atoms with E-state index in [1.807, 2.05) is 4.57 Å². The fraction of sp³-hybridized carbons (Fsp3) is 0.333. The minimum absolute atomic E-state index is 0.0583. The van der Waals surface area contributed by atoms with Gasteiger partial charge in [0.15, 0.2) is 22.5 Å². The van der Waals surface area contributed by atoms with Crippen molar-refractivity contribution in [3.63, 3.8) is 0 Å². The predicted molar refractivity (Wildman–Crippen MR) is 131 cm³/mol. The number of ether oxygens (including phenoxy) is 1. The minimum Gasteiger partial charge on any atom is -0.483 e. The van der Waals surface area contributed by atoms with Gasteiger partial charge in [0.25, 0.3) is 0 Å². The number of aromatic nitrogens is 3. The SMILES string of the molecule is C=CCn1c(COc2ccccc2F)nnc1SCCC(=O)Nc1sc2c(c1C#N)CCCC2. The number of hydrogen-bond acceptors (Lipinski definition) is 7. The van der Waals surface area contributed by atoms with Crippen LogP contribution in [0.3, 0.4) is 0 Å². The van der Waals surface area contributed by atoms with E-state index in [1.54, 1.807) is 24.3 Å². The normalized spacial score (nSPS) is 12.6. The van der Waals surface area contributed by atoms with Crippen LogP contribution in [0.5, 0.6) is 5.75 Å². The number of allylic oxidation sites excluding steroid dienone is 1. The summed E-state index contributed by atoms with van der Waals surface area (Å²) < 4.78 is 21.2. The summed E-state index contributed by atoms with van der Waals surface area (Å²) in [7, 11) is 0. The van der Waals surface area contributed by atoms with E-state index >= 15 is 0 Å². The molecular formula is C24H24FN5O2S2. The number of rotatable bonds is 10. The lowest BCUT2D eigenvalue weighted by Gasteiger charge is -2.10. The van der Waals surface area contributed by atoms with Crippen molar-refractivity contribution in [3.8, 4) is 11.8 Å². The average molecular weight is 498 g/mol. The zero-order chi connectivity index (χ0) is 23.9. The minimum atomic E-state index is -0.441. The number of nitrogens with one attached hydrogen (secondary N) is 1. The molecule has 0 radical (unpaired) electrons. The molecule has 1 aliphatic carbocycles. The van der Waals surface area contributed by atoms with Crippen molar-refractivity contribution in [1.82, 2.24) is 14.8 Å². The second-order valence-electron chi connectivity index (χ2n) is 7.69. The Morgan fingerprint density at radius 3 is 2.97 bits per heavy atom. The van der Waals surface area contributed by atoms with Gasteiger partial charge in [0.05, 0.1) is 5.56 Å². The van der Waals surface area contributed by atoms with Crippen molar-refractivity contribution in [2.45, 2.75) is 50.4 Å². The first kappa shape index (κ1) is 24.0. The Bertz CT molecular complexity index is 1230. The highest BCUT2D eigenvalue weighted by atomic mass is 32.2. The molecule has 1 aromatic carbocycles. The average Bonchev–Trinajstić information content (AvgIpc) is 3.39. The monoisotopic (exact) mass is 497 g/mol. The van der Waals surface area contributed by atoms with Crippen molar-refractivity contribution in [2.75, 3.05) is 11.1 Å². The molecule has 176 valence electrons. The topological polar surface area (TPSA) is 92.8 Å². The second-order valence-corrected chi connectivity index (χ2v) is 9.86. The van der Waals surface area contributed by atoms with E-state index in [1.165, 1.54) is 34.0 Å². The lowest BCUT2D eigenvalue weighted by Crippen LogP contribution is -2.12. The van der Waals surface area contributed by atoms with Crippen LogP contribution in [0.4, 0.5) is 9.39 Å². The number of carbonyl (C=O) groups excluding carboxylic acids is 1. The van der Waals surface area contributed by atoms with E-state index in [4.69, 9.17) is 4.74 Å². The quantitative estimate of drug-likeness (QED) is 0.309. The fourth-order valence-electron chi connectivity index (χ4n) is 3.75. The number of nitriles is 1. The molecule has 2 heterocycles. The van der Waals surface area contributed by atoms with E-state index in [0.717, 1.165) is 31.2 Å². The molecule has 0 spiro atoms. The summed E-state index contributed by atoms with van der Waals surface area (Å²) in [5.41, 5.74) is 1.72. The Morgan fingerprint density at radius 2 is 2.18 bits per heavy atom. The molecule has 2 aromatic heterocycles. The van der Waals surface area contributed by atoms with Crippen molar-refractivity contribution < 1.29 is 13.9 Å². The van der Waals surface area contributed by atoms with Gasteiger partial charge >= 0.3 is 0 Å². The highest BCUT2D eigenvalue weighted by Crippen LogP contribution is 2.37. The predicted octanol–water partition coefficient (Wildman–Crippen LogP) is 5.12. The molecule has 34 heavy (non-hydrogen) atoms. The van der Waals surface area contributed by atoms with E-state index in [2.05, 4.69) is 28.2 Å². The maximum atomic E-state index is 13.8. The molecule has 1 N–H and O–H groups in total. The number of anilines is 1. The van der Waals surface area contributed by atoms with Gasteiger partial charge in [0, 0.05) is 23.6 Å². The third-order valence-electron chi connectivity index (χ3n) is 5.39. The maximum Gasteiger partial charge on any atom is 0.225 e. The number of fused-ring (bicyclic) bond motifs is 1. The van der Waals surface area contributed by atoms with Crippen molar-refractivity contribution in [1.29, 1.82) is 5.26 Å². The first-order valence-corrected chi connectivity index (χ1v) is 12.8. The van der Waals surface area contributed by atoms with E-state index < -0.39 is 5.82 Å². The lowest BCUT2D eigenvalue weighted by atomic mass is 9.96. The first-order valence-electron chi connectivity index (χ1n) is 11.0. The molecule has 7 nitrogen and oxygen atoms in total. The standard InChI is InChI=1S/C24H24FN5O2S2/c1-2-12-30-21(15-32-19-9-5-4-8-18(19)25)28-29-24(30)33-13-11-22(31)27-23-17(14-26)16-7-3-6-10-20(16)34-23/h2,4-5,8-9H,1,3,6-7,10-13,15H2,(H,27,31). The Balaban J connectivity index is 1.34. The summed E-state index contributed by atoms with van der Waals surface area (Å²) in [4.78, 5) is 13.8. The van der Waals surface area contributed by atoms with Crippen LogP contribution in [-0.2, 0) is 30.8 Å². The van der Waals surface area contributed by atoms with Crippen LogP contribution in [0, 0.1) is 17.1 Å². The van der Waals surface area contributed by atoms with Gasteiger partial charge in [-0.1, -0.05) is 30.0 Å². The molecule has 0 saturated carbocycles. The molecule has 0 bridgehead atoms.